The number of aromatic nitrogens is 1. The number of nitrogens with one attached hydrogen (secondary N) is 1. The van der Waals surface area contributed by atoms with Gasteiger partial charge in [-0.05, 0) is 19.1 Å². The van der Waals surface area contributed by atoms with Gasteiger partial charge in [0.1, 0.15) is 17.7 Å². The molecule has 1 aliphatic rings. The van der Waals surface area contributed by atoms with Gasteiger partial charge in [-0.15, -0.1) is 11.3 Å². The van der Waals surface area contributed by atoms with Crippen LogP contribution in [0.1, 0.15) is 23.4 Å². The average molecular weight is 352 g/mol. The zero-order valence-corrected chi connectivity index (χ0v) is 13.5. The molecule has 23 heavy (non-hydrogen) atoms. The molecule has 1 atom stereocenters. The summed E-state index contributed by atoms with van der Waals surface area (Å²) in [6, 6.07) is 3.02. The summed E-state index contributed by atoms with van der Waals surface area (Å²) in [4.78, 5) is 20.9. The van der Waals surface area contributed by atoms with Crippen LogP contribution in [0.5, 0.6) is 0 Å². The second-order valence-electron chi connectivity index (χ2n) is 4.88. The maximum Gasteiger partial charge on any atom is 0.335 e. The van der Waals surface area contributed by atoms with E-state index in [4.69, 9.17) is 11.6 Å². The number of aliphatic imine (C=N–C) groups is 1. The van der Waals surface area contributed by atoms with Gasteiger partial charge in [0, 0.05) is 22.5 Å². The highest BCUT2D eigenvalue weighted by Crippen LogP contribution is 2.35. The van der Waals surface area contributed by atoms with Gasteiger partial charge in [-0.1, -0.05) is 17.7 Å². The van der Waals surface area contributed by atoms with Gasteiger partial charge in [0.05, 0.1) is 16.0 Å². The van der Waals surface area contributed by atoms with Gasteiger partial charge in [-0.3, -0.25) is 9.98 Å². The molecule has 2 heterocycles. The molecule has 0 saturated carbocycles. The van der Waals surface area contributed by atoms with E-state index in [1.807, 2.05) is 0 Å². The number of rotatable bonds is 3. The SMILES string of the molecule is CC1=C(C(=O)O)[C@H](c2ccc(F)cc2Cl)N=C(c2cncs2)N1. The summed E-state index contributed by atoms with van der Waals surface area (Å²) < 4.78 is 13.3. The van der Waals surface area contributed by atoms with Crippen molar-refractivity contribution in [2.75, 3.05) is 0 Å². The zero-order chi connectivity index (χ0) is 16.6. The largest absolute Gasteiger partial charge is 0.478 e. The van der Waals surface area contributed by atoms with Gasteiger partial charge >= 0.3 is 5.97 Å². The molecule has 1 aromatic heterocycles. The third-order valence-corrected chi connectivity index (χ3v) is 4.50. The van der Waals surface area contributed by atoms with Gasteiger partial charge in [0.2, 0.25) is 0 Å². The van der Waals surface area contributed by atoms with E-state index in [0.717, 1.165) is 10.9 Å². The molecule has 118 valence electrons. The summed E-state index contributed by atoms with van der Waals surface area (Å²) in [5, 5.41) is 12.6. The van der Waals surface area contributed by atoms with Crippen LogP contribution in [0.2, 0.25) is 5.02 Å². The molecule has 0 saturated heterocycles. The Morgan fingerprint density at radius 3 is 2.87 bits per heavy atom. The molecule has 8 heteroatoms. The normalized spacial score (nSPS) is 17.7. The Bertz CT molecular complexity index is 833. The lowest BCUT2D eigenvalue weighted by atomic mass is 9.96. The monoisotopic (exact) mass is 351 g/mol. The number of benzene rings is 1. The van der Waals surface area contributed by atoms with E-state index in [0.29, 0.717) is 17.1 Å². The maximum atomic E-state index is 13.3. The first kappa shape index (κ1) is 15.6. The summed E-state index contributed by atoms with van der Waals surface area (Å²) in [5.74, 6) is -1.08. The minimum absolute atomic E-state index is 0.0757. The Hall–Kier alpha value is -2.25. The molecule has 2 N–H and O–H groups in total. The lowest BCUT2D eigenvalue weighted by molar-refractivity contribution is -0.133. The minimum Gasteiger partial charge on any atom is -0.478 e. The van der Waals surface area contributed by atoms with E-state index in [1.54, 1.807) is 18.6 Å². The molecule has 5 nitrogen and oxygen atoms in total. The van der Waals surface area contributed by atoms with E-state index in [-0.39, 0.29) is 10.6 Å². The number of carboxylic acid groups (broad SMARTS) is 1. The number of hydrogen-bond donors (Lipinski definition) is 2. The van der Waals surface area contributed by atoms with E-state index in [2.05, 4.69) is 15.3 Å². The van der Waals surface area contributed by atoms with Crippen LogP contribution in [0.25, 0.3) is 0 Å². The molecule has 3 rings (SSSR count). The third kappa shape index (κ3) is 2.97. The Labute approximate surface area is 140 Å². The molecule has 0 spiro atoms. The fourth-order valence-electron chi connectivity index (χ4n) is 2.36. The van der Waals surface area contributed by atoms with Gasteiger partial charge in [0.15, 0.2) is 0 Å². The van der Waals surface area contributed by atoms with Crippen molar-refractivity contribution in [1.29, 1.82) is 0 Å². The molecular weight excluding hydrogens is 341 g/mol. The molecule has 0 bridgehead atoms. The first-order valence-electron chi connectivity index (χ1n) is 6.60. The van der Waals surface area contributed by atoms with Crippen LogP contribution in [-0.2, 0) is 4.79 Å². The number of halogens is 2. The topological polar surface area (TPSA) is 74.6 Å². The number of aliphatic carboxylic acids is 1. The van der Waals surface area contributed by atoms with Crippen LogP contribution in [-0.4, -0.2) is 21.9 Å². The number of carbonyl (C=O) groups is 1. The lowest BCUT2D eigenvalue weighted by Gasteiger charge is -2.25. The van der Waals surface area contributed by atoms with Crippen molar-refractivity contribution in [2.45, 2.75) is 13.0 Å². The molecule has 0 radical (unpaired) electrons. The summed E-state index contributed by atoms with van der Waals surface area (Å²) in [6.07, 6.45) is 1.64. The number of hydrogen-bond acceptors (Lipinski definition) is 5. The Morgan fingerprint density at radius 2 is 2.26 bits per heavy atom. The molecule has 0 amide bonds. The van der Waals surface area contributed by atoms with E-state index in [9.17, 15) is 14.3 Å². The van der Waals surface area contributed by atoms with Crippen molar-refractivity contribution in [3.8, 4) is 0 Å². The number of carboxylic acids is 1. The Kier molecular flexibility index (Phi) is 4.14. The van der Waals surface area contributed by atoms with Crippen LogP contribution >= 0.6 is 22.9 Å². The number of amidine groups is 1. The van der Waals surface area contributed by atoms with Crippen molar-refractivity contribution in [3.05, 3.63) is 62.5 Å². The van der Waals surface area contributed by atoms with E-state index in [1.165, 1.54) is 23.5 Å². The quantitative estimate of drug-likeness (QED) is 0.889. The highest BCUT2D eigenvalue weighted by atomic mass is 35.5. The molecule has 2 aromatic rings. The molecule has 0 unspecified atom stereocenters. The standard InChI is InChI=1S/C15H11ClFN3O2S/c1-7-12(15(21)22)13(9-3-2-8(17)4-10(9)16)20-14(19-7)11-5-18-6-23-11/h2-6,13H,1H3,(H,19,20)(H,21,22)/t13-/m0/s1. The first-order chi connectivity index (χ1) is 11.0. The predicted molar refractivity (Wildman–Crippen MR) is 86.3 cm³/mol. The van der Waals surface area contributed by atoms with Gasteiger partial charge < -0.3 is 10.4 Å². The molecule has 1 aromatic carbocycles. The summed E-state index contributed by atoms with van der Waals surface area (Å²) in [5.41, 5.74) is 2.63. The van der Waals surface area contributed by atoms with Crippen LogP contribution in [0.3, 0.4) is 0 Å². The van der Waals surface area contributed by atoms with E-state index >= 15 is 0 Å². The minimum atomic E-state index is -1.10. The van der Waals surface area contributed by atoms with Crippen molar-refractivity contribution in [2.24, 2.45) is 4.99 Å². The molecule has 0 aliphatic carbocycles. The summed E-state index contributed by atoms with van der Waals surface area (Å²) in [7, 11) is 0. The predicted octanol–water partition coefficient (Wildman–Crippen LogP) is 3.39. The van der Waals surface area contributed by atoms with Gasteiger partial charge in [0.25, 0.3) is 0 Å². The third-order valence-electron chi connectivity index (χ3n) is 3.39. The van der Waals surface area contributed by atoms with Crippen LogP contribution < -0.4 is 5.32 Å². The second-order valence-corrected chi connectivity index (χ2v) is 6.17. The fraction of sp³-hybridized carbons (Fsp3) is 0.133. The highest BCUT2D eigenvalue weighted by molar-refractivity contribution is 7.11. The summed E-state index contributed by atoms with van der Waals surface area (Å²) in [6.45, 7) is 1.66. The second kappa shape index (κ2) is 6.10. The first-order valence-corrected chi connectivity index (χ1v) is 7.86. The smallest absolute Gasteiger partial charge is 0.335 e. The van der Waals surface area contributed by atoms with Gasteiger partial charge in [-0.2, -0.15) is 0 Å². The lowest BCUT2D eigenvalue weighted by Crippen LogP contribution is -2.31. The van der Waals surface area contributed by atoms with Crippen molar-refractivity contribution in [1.82, 2.24) is 10.3 Å². The van der Waals surface area contributed by atoms with Crippen LogP contribution in [0, 0.1) is 5.82 Å². The zero-order valence-electron chi connectivity index (χ0n) is 11.9. The molecular formula is C15H11ClFN3O2S. The average Bonchev–Trinajstić information content (AvgIpc) is 3.00. The fourth-order valence-corrected chi connectivity index (χ4v) is 3.20. The van der Waals surface area contributed by atoms with Crippen molar-refractivity contribution in [3.63, 3.8) is 0 Å². The summed E-state index contributed by atoms with van der Waals surface area (Å²) >= 11 is 7.48. The van der Waals surface area contributed by atoms with Crippen LogP contribution in [0.4, 0.5) is 4.39 Å². The molecule has 0 fully saturated rings. The highest BCUT2D eigenvalue weighted by Gasteiger charge is 2.31. The maximum absolute atomic E-state index is 13.3. The van der Waals surface area contributed by atoms with E-state index < -0.39 is 17.8 Å². The molecule has 1 aliphatic heterocycles. The van der Waals surface area contributed by atoms with Crippen LogP contribution in [0.15, 0.2) is 46.2 Å². The Morgan fingerprint density at radius 1 is 1.48 bits per heavy atom. The van der Waals surface area contributed by atoms with Gasteiger partial charge in [-0.25, -0.2) is 9.18 Å². The van der Waals surface area contributed by atoms with Crippen molar-refractivity contribution < 1.29 is 14.3 Å². The number of nitrogens with zero attached hydrogens (tertiary/aromatic N) is 2. The Balaban J connectivity index is 2.14. The number of allylic oxidation sites excluding steroid dienone is 1. The van der Waals surface area contributed by atoms with Crippen molar-refractivity contribution >= 4 is 34.7 Å². The number of thiazole rings is 1.